The van der Waals surface area contributed by atoms with E-state index in [4.69, 9.17) is 0 Å². The standard InChI is InChI=1S/C22H19F6NO.ClH/c23-21(24,25)13-5-4-12-9-18(20(30)19-3-1-2-8-29-19)15-7-6-14(22(26,27)28)11-17(15)16(12)10-13;/h4-7,9-11,19-20,29-30H,1-3,8H2;1H. The molecule has 1 saturated heterocycles. The maximum Gasteiger partial charge on any atom is 0.416 e. The van der Waals surface area contributed by atoms with Crippen molar-refractivity contribution in [1.82, 2.24) is 5.32 Å². The molecular weight excluding hydrogens is 444 g/mol. The second kappa shape index (κ2) is 8.48. The first-order valence-corrected chi connectivity index (χ1v) is 9.62. The van der Waals surface area contributed by atoms with Crippen LogP contribution in [0.25, 0.3) is 21.5 Å². The molecule has 9 heteroatoms. The van der Waals surface area contributed by atoms with Gasteiger partial charge >= 0.3 is 12.4 Å². The number of hydrogen-bond acceptors (Lipinski definition) is 2. The zero-order valence-electron chi connectivity index (χ0n) is 16.1. The predicted molar refractivity (Wildman–Crippen MR) is 109 cm³/mol. The molecule has 0 saturated carbocycles. The highest BCUT2D eigenvalue weighted by molar-refractivity contribution is 6.09. The number of nitrogens with one attached hydrogen (secondary N) is 1. The molecule has 1 fully saturated rings. The van der Waals surface area contributed by atoms with Crippen LogP contribution in [0.1, 0.15) is 42.1 Å². The Kier molecular flexibility index (Phi) is 6.47. The number of alkyl halides is 6. The lowest BCUT2D eigenvalue weighted by atomic mass is 9.88. The van der Waals surface area contributed by atoms with Crippen molar-refractivity contribution in [2.45, 2.75) is 43.8 Å². The molecule has 0 radical (unpaired) electrons. The Labute approximate surface area is 180 Å². The Balaban J connectivity index is 0.00000272. The first-order valence-electron chi connectivity index (χ1n) is 9.62. The number of fused-ring (bicyclic) bond motifs is 3. The van der Waals surface area contributed by atoms with Crippen molar-refractivity contribution in [2.75, 3.05) is 6.54 Å². The number of aliphatic hydroxyl groups excluding tert-OH is 1. The van der Waals surface area contributed by atoms with Crippen LogP contribution in [0.2, 0.25) is 0 Å². The van der Waals surface area contributed by atoms with Gasteiger partial charge in [-0.3, -0.25) is 0 Å². The van der Waals surface area contributed by atoms with Gasteiger partial charge in [0, 0.05) is 6.04 Å². The third-order valence-corrected chi connectivity index (χ3v) is 5.69. The maximum atomic E-state index is 13.3. The summed E-state index contributed by atoms with van der Waals surface area (Å²) in [6, 6.07) is 7.31. The van der Waals surface area contributed by atoms with E-state index in [1.807, 2.05) is 0 Å². The van der Waals surface area contributed by atoms with Crippen LogP contribution in [0, 0.1) is 0 Å². The fraction of sp³-hybridized carbons (Fsp3) is 0.364. The van der Waals surface area contributed by atoms with E-state index in [1.165, 1.54) is 12.1 Å². The molecule has 2 nitrogen and oxygen atoms in total. The molecule has 2 unspecified atom stereocenters. The molecule has 0 spiro atoms. The summed E-state index contributed by atoms with van der Waals surface area (Å²) < 4.78 is 79.5. The number of benzene rings is 3. The average molecular weight is 464 g/mol. The van der Waals surface area contributed by atoms with Crippen molar-refractivity contribution >= 4 is 34.0 Å². The van der Waals surface area contributed by atoms with Crippen LogP contribution in [0.4, 0.5) is 26.3 Å². The molecule has 168 valence electrons. The average Bonchev–Trinajstić information content (AvgIpc) is 2.71. The predicted octanol–water partition coefficient (Wildman–Crippen LogP) is 6.63. The molecule has 3 aromatic carbocycles. The van der Waals surface area contributed by atoms with Gasteiger partial charge in [0.25, 0.3) is 0 Å². The number of hydrogen-bond donors (Lipinski definition) is 2. The van der Waals surface area contributed by atoms with Crippen molar-refractivity contribution in [3.63, 3.8) is 0 Å². The van der Waals surface area contributed by atoms with Crippen LogP contribution in [0.5, 0.6) is 0 Å². The summed E-state index contributed by atoms with van der Waals surface area (Å²) in [5.74, 6) is 0. The number of halogens is 7. The van der Waals surface area contributed by atoms with Crippen LogP contribution in [0.15, 0.2) is 42.5 Å². The molecular formula is C22H20ClF6NO. The van der Waals surface area contributed by atoms with Gasteiger partial charge in [-0.15, -0.1) is 12.4 Å². The van der Waals surface area contributed by atoms with Gasteiger partial charge in [0.15, 0.2) is 0 Å². The molecule has 2 atom stereocenters. The highest BCUT2D eigenvalue weighted by Gasteiger charge is 2.33. The summed E-state index contributed by atoms with van der Waals surface area (Å²) in [6.07, 6.45) is -7.66. The van der Waals surface area contributed by atoms with Crippen LogP contribution in [-0.2, 0) is 12.4 Å². The normalized spacial score (nSPS) is 18.7. The van der Waals surface area contributed by atoms with E-state index < -0.39 is 29.6 Å². The highest BCUT2D eigenvalue weighted by atomic mass is 35.5. The van der Waals surface area contributed by atoms with Crippen LogP contribution < -0.4 is 5.32 Å². The Morgan fingerprint density at radius 3 is 2.00 bits per heavy atom. The van der Waals surface area contributed by atoms with Crippen molar-refractivity contribution in [3.05, 3.63) is 59.2 Å². The van der Waals surface area contributed by atoms with Gasteiger partial charge in [-0.25, -0.2) is 0 Å². The topological polar surface area (TPSA) is 32.3 Å². The second-order valence-corrected chi connectivity index (χ2v) is 7.66. The summed E-state index contributed by atoms with van der Waals surface area (Å²) >= 11 is 0. The largest absolute Gasteiger partial charge is 0.416 e. The smallest absolute Gasteiger partial charge is 0.387 e. The molecule has 0 aliphatic carbocycles. The van der Waals surface area contributed by atoms with Crippen molar-refractivity contribution < 1.29 is 31.4 Å². The minimum absolute atomic E-state index is 0. The maximum absolute atomic E-state index is 13.3. The number of piperidine rings is 1. The third-order valence-electron chi connectivity index (χ3n) is 5.69. The van der Waals surface area contributed by atoms with E-state index in [2.05, 4.69) is 5.32 Å². The summed E-state index contributed by atoms with van der Waals surface area (Å²) in [4.78, 5) is 0. The van der Waals surface area contributed by atoms with Crippen molar-refractivity contribution in [2.24, 2.45) is 0 Å². The molecule has 2 N–H and O–H groups in total. The van der Waals surface area contributed by atoms with E-state index in [9.17, 15) is 31.4 Å². The van der Waals surface area contributed by atoms with Gasteiger partial charge in [0.1, 0.15) is 0 Å². The van der Waals surface area contributed by atoms with E-state index >= 15 is 0 Å². The molecule has 31 heavy (non-hydrogen) atoms. The minimum Gasteiger partial charge on any atom is -0.387 e. The number of rotatable bonds is 2. The second-order valence-electron chi connectivity index (χ2n) is 7.66. The summed E-state index contributed by atoms with van der Waals surface area (Å²) in [5, 5.41) is 14.9. The van der Waals surface area contributed by atoms with E-state index in [0.717, 1.165) is 43.7 Å². The van der Waals surface area contributed by atoms with Crippen LogP contribution in [0.3, 0.4) is 0 Å². The summed E-state index contributed by atoms with van der Waals surface area (Å²) in [5.41, 5.74) is -1.47. The quantitative estimate of drug-likeness (QED) is 0.330. The van der Waals surface area contributed by atoms with Crippen LogP contribution >= 0.6 is 12.4 Å². The summed E-state index contributed by atoms with van der Waals surface area (Å²) in [6.45, 7) is 0.723. The minimum atomic E-state index is -4.64. The van der Waals surface area contributed by atoms with Gasteiger partial charge in [-0.1, -0.05) is 18.6 Å². The molecule has 0 bridgehead atoms. The third kappa shape index (κ3) is 4.61. The Hall–Kier alpha value is -2.03. The first kappa shape index (κ1) is 23.6. The Bertz CT molecular complexity index is 1090. The first-order chi connectivity index (χ1) is 14.1. The lowest BCUT2D eigenvalue weighted by Gasteiger charge is -2.29. The van der Waals surface area contributed by atoms with Crippen molar-refractivity contribution in [3.8, 4) is 0 Å². The number of aliphatic hydroxyl groups is 1. The zero-order valence-corrected chi connectivity index (χ0v) is 17.0. The fourth-order valence-corrected chi connectivity index (χ4v) is 4.14. The molecule has 0 amide bonds. The lowest BCUT2D eigenvalue weighted by molar-refractivity contribution is -0.138. The Morgan fingerprint density at radius 2 is 1.42 bits per heavy atom. The Morgan fingerprint density at radius 1 is 0.806 bits per heavy atom. The molecule has 1 aliphatic rings. The SMILES string of the molecule is Cl.OC(c1cc2ccc(C(F)(F)F)cc2c2cc(C(F)(F)F)ccc12)C1CCCCN1. The molecule has 1 heterocycles. The van der Waals surface area contributed by atoms with Crippen molar-refractivity contribution in [1.29, 1.82) is 0 Å². The molecule has 3 aromatic rings. The zero-order chi connectivity index (χ0) is 21.7. The fourth-order valence-electron chi connectivity index (χ4n) is 4.14. The van der Waals surface area contributed by atoms with E-state index in [-0.39, 0.29) is 29.2 Å². The summed E-state index contributed by atoms with van der Waals surface area (Å²) in [7, 11) is 0. The molecule has 4 rings (SSSR count). The van der Waals surface area contributed by atoms with Crippen LogP contribution in [-0.4, -0.2) is 17.7 Å². The van der Waals surface area contributed by atoms with E-state index in [1.54, 1.807) is 6.07 Å². The molecule has 0 aromatic heterocycles. The molecule has 1 aliphatic heterocycles. The van der Waals surface area contributed by atoms with Gasteiger partial charge in [-0.05, 0) is 76.8 Å². The monoisotopic (exact) mass is 463 g/mol. The van der Waals surface area contributed by atoms with Gasteiger partial charge < -0.3 is 10.4 Å². The van der Waals surface area contributed by atoms with Gasteiger partial charge in [0.2, 0.25) is 0 Å². The van der Waals surface area contributed by atoms with Gasteiger partial charge in [0.05, 0.1) is 17.2 Å². The van der Waals surface area contributed by atoms with Gasteiger partial charge in [-0.2, -0.15) is 26.3 Å². The van der Waals surface area contributed by atoms with E-state index in [0.29, 0.717) is 22.8 Å². The highest BCUT2D eigenvalue weighted by Crippen LogP contribution is 2.40. The lowest BCUT2D eigenvalue weighted by Crippen LogP contribution is -2.38.